The normalized spacial score (nSPS) is 15.7. The molecule has 1 N–H and O–H groups in total. The van der Waals surface area contributed by atoms with Gasteiger partial charge in [0.15, 0.2) is 0 Å². The Morgan fingerprint density at radius 3 is 2.62 bits per heavy atom. The lowest BCUT2D eigenvalue weighted by Gasteiger charge is -2.22. The van der Waals surface area contributed by atoms with E-state index in [-0.39, 0.29) is 18.5 Å². The minimum Gasteiger partial charge on any atom is -0.332 e. The molecule has 0 spiro atoms. The molecular weight excluding hydrogens is 397 g/mol. The van der Waals surface area contributed by atoms with Crippen molar-refractivity contribution < 1.29 is 22.4 Å². The summed E-state index contributed by atoms with van der Waals surface area (Å²) in [7, 11) is -1.91. The maximum absolute atomic E-state index is 13.2. The van der Waals surface area contributed by atoms with E-state index in [4.69, 9.17) is 0 Å². The number of sulfonamides is 1. The van der Waals surface area contributed by atoms with Crippen molar-refractivity contribution in [2.45, 2.75) is 19.4 Å². The van der Waals surface area contributed by atoms with Gasteiger partial charge in [0.05, 0.1) is 18.5 Å². The van der Waals surface area contributed by atoms with Crippen LogP contribution in [0.1, 0.15) is 22.8 Å². The summed E-state index contributed by atoms with van der Waals surface area (Å²) in [6, 6.07) is 10.1. The molecule has 154 valence electrons. The summed E-state index contributed by atoms with van der Waals surface area (Å²) in [6.45, 7) is 1.60. The Morgan fingerprint density at radius 2 is 1.97 bits per heavy atom. The summed E-state index contributed by atoms with van der Waals surface area (Å²) in [5.41, 5.74) is 2.02. The lowest BCUT2D eigenvalue weighted by molar-refractivity contribution is -0.116. The fraction of sp³-hybridized carbons (Fsp3) is 0.300. The zero-order valence-corrected chi connectivity index (χ0v) is 17.2. The predicted molar refractivity (Wildman–Crippen MR) is 109 cm³/mol. The van der Waals surface area contributed by atoms with Crippen molar-refractivity contribution in [2.75, 3.05) is 29.5 Å². The van der Waals surface area contributed by atoms with Crippen molar-refractivity contribution in [1.82, 2.24) is 4.90 Å². The second-order valence-corrected chi connectivity index (χ2v) is 9.03. The second kappa shape index (κ2) is 7.82. The molecule has 2 amide bonds. The molecule has 0 saturated carbocycles. The van der Waals surface area contributed by atoms with Gasteiger partial charge in [-0.3, -0.25) is 13.9 Å². The summed E-state index contributed by atoms with van der Waals surface area (Å²) in [5, 5.41) is 2.54. The number of hydrogen-bond acceptors (Lipinski definition) is 4. The van der Waals surface area contributed by atoms with E-state index >= 15 is 0 Å². The molecule has 0 aliphatic carbocycles. The number of fused-ring (bicyclic) bond motifs is 1. The van der Waals surface area contributed by atoms with Crippen molar-refractivity contribution in [3.8, 4) is 0 Å². The highest BCUT2D eigenvalue weighted by Crippen LogP contribution is 2.34. The van der Waals surface area contributed by atoms with Gasteiger partial charge in [-0.15, -0.1) is 0 Å². The highest BCUT2D eigenvalue weighted by Gasteiger charge is 2.33. The van der Waals surface area contributed by atoms with Gasteiger partial charge < -0.3 is 10.2 Å². The summed E-state index contributed by atoms with van der Waals surface area (Å²) in [6.07, 6.45) is 1.66. The molecule has 0 saturated heterocycles. The number of rotatable bonds is 5. The van der Waals surface area contributed by atoms with Crippen LogP contribution < -0.4 is 9.62 Å². The van der Waals surface area contributed by atoms with E-state index in [1.807, 2.05) is 6.92 Å². The van der Waals surface area contributed by atoms with Crippen LogP contribution in [0.2, 0.25) is 0 Å². The fourth-order valence-electron chi connectivity index (χ4n) is 3.52. The molecule has 2 aromatic rings. The van der Waals surface area contributed by atoms with Gasteiger partial charge in [0.1, 0.15) is 5.82 Å². The number of nitrogens with one attached hydrogen (secondary N) is 1. The smallest absolute Gasteiger partial charge is 0.254 e. The van der Waals surface area contributed by atoms with Gasteiger partial charge in [0, 0.05) is 24.3 Å². The molecule has 0 fully saturated rings. The predicted octanol–water partition coefficient (Wildman–Crippen LogP) is 2.25. The molecule has 7 nitrogen and oxygen atoms in total. The topological polar surface area (TPSA) is 86.8 Å². The summed E-state index contributed by atoms with van der Waals surface area (Å²) < 4.78 is 38.6. The van der Waals surface area contributed by atoms with Crippen molar-refractivity contribution in [3.63, 3.8) is 0 Å². The van der Waals surface area contributed by atoms with Gasteiger partial charge in [-0.25, -0.2) is 12.8 Å². The van der Waals surface area contributed by atoms with Crippen LogP contribution in [0.4, 0.5) is 15.8 Å². The third-order valence-corrected chi connectivity index (χ3v) is 5.94. The molecule has 9 heteroatoms. The van der Waals surface area contributed by atoms with Crippen LogP contribution in [0.15, 0.2) is 42.5 Å². The van der Waals surface area contributed by atoms with E-state index in [9.17, 15) is 22.4 Å². The summed E-state index contributed by atoms with van der Waals surface area (Å²) in [4.78, 5) is 26.1. The highest BCUT2D eigenvalue weighted by molar-refractivity contribution is 7.92. The van der Waals surface area contributed by atoms with Gasteiger partial charge in [0.2, 0.25) is 15.9 Å². The highest BCUT2D eigenvalue weighted by atomic mass is 32.2. The Kier molecular flexibility index (Phi) is 5.61. The zero-order chi connectivity index (χ0) is 21.3. The maximum Gasteiger partial charge on any atom is 0.254 e. The van der Waals surface area contributed by atoms with Crippen molar-refractivity contribution >= 4 is 33.2 Å². The average molecular weight is 419 g/mol. The van der Waals surface area contributed by atoms with Gasteiger partial charge >= 0.3 is 0 Å². The van der Waals surface area contributed by atoms with E-state index in [0.29, 0.717) is 23.4 Å². The Balaban J connectivity index is 1.71. The number of benzene rings is 2. The number of anilines is 2. The van der Waals surface area contributed by atoms with E-state index < -0.39 is 21.7 Å². The number of amides is 2. The standard InChI is InChI=1S/C20H22FN3O4S/c1-13-9-15-10-14(7-8-18(15)24(13)29(3,27)28)20(26)23(2)12-19(25)22-17-6-4-5-16(21)11-17/h4-8,10-11,13H,9,12H2,1-3H3,(H,22,25). The largest absolute Gasteiger partial charge is 0.332 e. The minimum absolute atomic E-state index is 0.210. The van der Waals surface area contributed by atoms with E-state index in [1.165, 1.54) is 34.5 Å². The number of halogens is 1. The van der Waals surface area contributed by atoms with Gasteiger partial charge in [-0.2, -0.15) is 0 Å². The third-order valence-electron chi connectivity index (χ3n) is 4.67. The molecule has 0 bridgehead atoms. The first kappa shape index (κ1) is 20.8. The molecule has 1 unspecified atom stereocenters. The van der Waals surface area contributed by atoms with E-state index in [2.05, 4.69) is 5.32 Å². The third kappa shape index (κ3) is 4.56. The first-order valence-corrected chi connectivity index (χ1v) is 10.8. The van der Waals surface area contributed by atoms with Crippen LogP contribution in [0.3, 0.4) is 0 Å². The molecule has 1 atom stereocenters. The number of nitrogens with zero attached hydrogens (tertiary/aromatic N) is 2. The fourth-order valence-corrected chi connectivity index (χ4v) is 4.78. The molecule has 3 rings (SSSR count). The van der Waals surface area contributed by atoms with Crippen molar-refractivity contribution in [3.05, 3.63) is 59.4 Å². The van der Waals surface area contributed by atoms with Crippen molar-refractivity contribution in [2.24, 2.45) is 0 Å². The summed E-state index contributed by atoms with van der Waals surface area (Å²) >= 11 is 0. The van der Waals surface area contributed by atoms with Crippen molar-refractivity contribution in [1.29, 1.82) is 0 Å². The monoisotopic (exact) mass is 419 g/mol. The molecule has 1 aliphatic rings. The van der Waals surface area contributed by atoms with E-state index in [0.717, 1.165) is 11.8 Å². The number of hydrogen-bond donors (Lipinski definition) is 1. The van der Waals surface area contributed by atoms with Crippen LogP contribution in [0, 0.1) is 5.82 Å². The molecule has 29 heavy (non-hydrogen) atoms. The van der Waals surface area contributed by atoms with Crippen LogP contribution in [-0.2, 0) is 21.2 Å². The minimum atomic E-state index is -3.40. The SMILES string of the molecule is CC1Cc2cc(C(=O)N(C)CC(=O)Nc3cccc(F)c3)ccc2N1S(C)(=O)=O. The molecule has 1 aliphatic heterocycles. The number of carbonyl (C=O) groups is 2. The van der Waals surface area contributed by atoms with Crippen LogP contribution in [-0.4, -0.2) is 51.0 Å². The van der Waals surface area contributed by atoms with Gasteiger partial charge in [0.25, 0.3) is 5.91 Å². The van der Waals surface area contributed by atoms with Crippen LogP contribution in [0.5, 0.6) is 0 Å². The second-order valence-electron chi connectivity index (χ2n) is 7.18. The van der Waals surface area contributed by atoms with E-state index in [1.54, 1.807) is 24.3 Å². The van der Waals surface area contributed by atoms with Gasteiger partial charge in [-0.1, -0.05) is 6.07 Å². The maximum atomic E-state index is 13.2. The molecule has 0 aromatic heterocycles. The first-order valence-electron chi connectivity index (χ1n) is 8.99. The lowest BCUT2D eigenvalue weighted by atomic mass is 10.1. The average Bonchev–Trinajstić information content (AvgIpc) is 2.95. The molecule has 2 aromatic carbocycles. The first-order chi connectivity index (χ1) is 13.6. The summed E-state index contributed by atoms with van der Waals surface area (Å²) in [5.74, 6) is -1.29. The van der Waals surface area contributed by atoms with Crippen LogP contribution >= 0.6 is 0 Å². The van der Waals surface area contributed by atoms with Gasteiger partial charge in [-0.05, 0) is 55.3 Å². The Bertz CT molecular complexity index is 1070. The molecule has 1 heterocycles. The zero-order valence-electron chi connectivity index (χ0n) is 16.3. The molecular formula is C20H22FN3O4S. The lowest BCUT2D eigenvalue weighted by Crippen LogP contribution is -2.35. The number of likely N-dealkylation sites (N-methyl/N-ethyl adjacent to an activating group) is 1. The quantitative estimate of drug-likeness (QED) is 0.805. The Labute approximate surface area is 169 Å². The molecule has 0 radical (unpaired) electrons. The number of carbonyl (C=O) groups excluding carboxylic acids is 2. The Hall–Kier alpha value is -2.94. The van der Waals surface area contributed by atoms with Crippen LogP contribution in [0.25, 0.3) is 0 Å². The Morgan fingerprint density at radius 1 is 1.24 bits per heavy atom.